The van der Waals surface area contributed by atoms with Crippen LogP contribution in [0.4, 0.5) is 26.3 Å². The third kappa shape index (κ3) is 5.55. The average molecular weight is 424 g/mol. The molecular formula is C12H6F6O6S2. The molecule has 144 valence electrons. The normalized spacial score (nSPS) is 13.0. The topological polar surface area (TPSA) is 71.1 Å². The second-order valence-electron chi connectivity index (χ2n) is 4.40. The molecule has 0 bridgehead atoms. The monoisotopic (exact) mass is 424 g/mol. The summed E-state index contributed by atoms with van der Waals surface area (Å²) in [6, 6.07) is 7.07. The van der Waals surface area contributed by atoms with Crippen molar-refractivity contribution in [2.24, 2.45) is 0 Å². The van der Waals surface area contributed by atoms with Gasteiger partial charge < -0.3 is 8.37 Å². The molecule has 0 heterocycles. The van der Waals surface area contributed by atoms with Crippen molar-refractivity contribution in [3.8, 4) is 11.5 Å². The van der Waals surface area contributed by atoms with Gasteiger partial charge in [0.2, 0.25) is 0 Å². The van der Waals surface area contributed by atoms with Crippen molar-refractivity contribution in [1.82, 2.24) is 0 Å². The molecule has 0 atom stereocenters. The molecule has 0 saturated heterocycles. The third-order valence-corrected chi connectivity index (χ3v) is 3.92. The fourth-order valence-electron chi connectivity index (χ4n) is 1.59. The molecule has 2 aromatic carbocycles. The van der Waals surface area contributed by atoms with Gasteiger partial charge in [-0.2, -0.15) is 21.6 Å². The fraction of sp³-hybridized carbons (Fsp3) is 0.167. The van der Waals surface area contributed by atoms with Crippen LogP contribution in [0.1, 0.15) is 0 Å². The molecule has 2 aromatic rings. The Bertz CT molecular complexity index is 880. The SMILES string of the molecule is O=S(=O)(Oc1ccc2cc(OSOOC(F)(F)F)ccc2c1)C(F)(F)F. The Kier molecular flexibility index (Phi) is 5.79. The van der Waals surface area contributed by atoms with E-state index in [1.54, 1.807) is 0 Å². The van der Waals surface area contributed by atoms with Gasteiger partial charge in [0.1, 0.15) is 11.5 Å². The number of benzene rings is 2. The Labute approximate surface area is 146 Å². The number of halogens is 6. The van der Waals surface area contributed by atoms with Gasteiger partial charge in [-0.05, 0) is 35.0 Å². The van der Waals surface area contributed by atoms with Crippen molar-refractivity contribution in [3.05, 3.63) is 36.4 Å². The molecule has 0 aliphatic rings. The highest BCUT2D eigenvalue weighted by molar-refractivity contribution is 7.90. The zero-order valence-corrected chi connectivity index (χ0v) is 13.6. The van der Waals surface area contributed by atoms with Crippen LogP contribution >= 0.6 is 12.3 Å². The quantitative estimate of drug-likeness (QED) is 0.129. The van der Waals surface area contributed by atoms with Gasteiger partial charge >= 0.3 is 22.0 Å². The van der Waals surface area contributed by atoms with Gasteiger partial charge in [0.05, 0.1) is 0 Å². The van der Waals surface area contributed by atoms with Crippen LogP contribution in [0.3, 0.4) is 0 Å². The molecule has 14 heteroatoms. The summed E-state index contributed by atoms with van der Waals surface area (Å²) in [6.45, 7) is 0. The van der Waals surface area contributed by atoms with Crippen LogP contribution in [0, 0.1) is 0 Å². The van der Waals surface area contributed by atoms with Crippen molar-refractivity contribution in [1.29, 1.82) is 0 Å². The van der Waals surface area contributed by atoms with Crippen molar-refractivity contribution >= 4 is 33.2 Å². The zero-order chi connectivity index (χ0) is 19.6. The van der Waals surface area contributed by atoms with Crippen molar-refractivity contribution in [3.63, 3.8) is 0 Å². The van der Waals surface area contributed by atoms with E-state index in [0.717, 1.165) is 12.1 Å². The Hall–Kier alpha value is -1.90. The first-order valence-corrected chi connectivity index (χ1v) is 8.25. The van der Waals surface area contributed by atoms with E-state index in [0.29, 0.717) is 5.39 Å². The van der Waals surface area contributed by atoms with Gasteiger partial charge in [-0.3, -0.25) is 0 Å². The molecule has 0 aliphatic heterocycles. The van der Waals surface area contributed by atoms with Crippen molar-refractivity contribution in [2.45, 2.75) is 11.9 Å². The lowest BCUT2D eigenvalue weighted by atomic mass is 10.1. The summed E-state index contributed by atoms with van der Waals surface area (Å²) in [6.07, 6.45) is -5.01. The van der Waals surface area contributed by atoms with E-state index in [1.165, 1.54) is 24.3 Å². The number of hydrogen-bond donors (Lipinski definition) is 0. The van der Waals surface area contributed by atoms with Crippen LogP contribution in [-0.4, -0.2) is 20.3 Å². The van der Waals surface area contributed by atoms with E-state index < -0.39 is 27.7 Å². The minimum atomic E-state index is -5.80. The zero-order valence-electron chi connectivity index (χ0n) is 12.0. The van der Waals surface area contributed by atoms with Crippen LogP contribution in [0.2, 0.25) is 0 Å². The lowest BCUT2D eigenvalue weighted by Crippen LogP contribution is -2.28. The molecule has 0 aromatic heterocycles. The maximum Gasteiger partial charge on any atom is 0.550 e. The van der Waals surface area contributed by atoms with Crippen LogP contribution in [0.25, 0.3) is 10.8 Å². The molecule has 0 fully saturated rings. The first-order chi connectivity index (χ1) is 11.9. The smallest absolute Gasteiger partial charge is 0.399 e. The van der Waals surface area contributed by atoms with Gasteiger partial charge in [-0.1, -0.05) is 12.1 Å². The minimum Gasteiger partial charge on any atom is -0.399 e. The lowest BCUT2D eigenvalue weighted by molar-refractivity contribution is -0.441. The first kappa shape index (κ1) is 20.4. The number of rotatable bonds is 6. The van der Waals surface area contributed by atoms with E-state index >= 15 is 0 Å². The maximum absolute atomic E-state index is 12.3. The van der Waals surface area contributed by atoms with Gasteiger partial charge in [0.15, 0.2) is 0 Å². The average Bonchev–Trinajstić information content (AvgIpc) is 2.49. The predicted molar refractivity (Wildman–Crippen MR) is 76.0 cm³/mol. The van der Waals surface area contributed by atoms with E-state index in [9.17, 15) is 34.8 Å². The Morgan fingerprint density at radius 2 is 1.38 bits per heavy atom. The molecule has 0 unspecified atom stereocenters. The van der Waals surface area contributed by atoms with E-state index in [4.69, 9.17) is 4.18 Å². The summed E-state index contributed by atoms with van der Waals surface area (Å²) >= 11 is -0.116. The minimum absolute atomic E-state index is 0.0323. The van der Waals surface area contributed by atoms with Crippen molar-refractivity contribution in [2.75, 3.05) is 0 Å². The van der Waals surface area contributed by atoms with Crippen LogP contribution in [0.5, 0.6) is 11.5 Å². The first-order valence-electron chi connectivity index (χ1n) is 6.18. The van der Waals surface area contributed by atoms with E-state index in [2.05, 4.69) is 13.4 Å². The predicted octanol–water partition coefficient (Wildman–Crippen LogP) is 4.48. The summed E-state index contributed by atoms with van der Waals surface area (Å²) < 4.78 is 106. The third-order valence-electron chi connectivity index (χ3n) is 2.56. The highest BCUT2D eigenvalue weighted by Crippen LogP contribution is 2.31. The lowest BCUT2D eigenvalue weighted by Gasteiger charge is -2.10. The molecular weight excluding hydrogens is 418 g/mol. The molecule has 0 N–H and O–H groups in total. The standard InChI is InChI=1S/C12H6F6O6S2/c13-11(14,15)23-24-25-21-9-3-1-8-6-10(4-2-7(8)5-9)22-26(19,20)12(16,17)18/h1-6H. The van der Waals surface area contributed by atoms with Crippen LogP contribution in [0.15, 0.2) is 36.4 Å². The number of hydrogen-bond acceptors (Lipinski definition) is 7. The number of fused-ring (bicyclic) bond motifs is 1. The molecule has 0 radical (unpaired) electrons. The van der Waals surface area contributed by atoms with Crippen LogP contribution in [-0.2, 0) is 19.3 Å². The maximum atomic E-state index is 12.3. The Morgan fingerprint density at radius 1 is 0.846 bits per heavy atom. The second kappa shape index (κ2) is 7.38. The molecule has 6 nitrogen and oxygen atoms in total. The molecule has 0 aliphatic carbocycles. The second-order valence-corrected chi connectivity index (χ2v) is 6.38. The summed E-state index contributed by atoms with van der Waals surface area (Å²) in [5.41, 5.74) is -5.57. The molecule has 0 spiro atoms. The summed E-state index contributed by atoms with van der Waals surface area (Å²) in [4.78, 5) is 3.00. The fourth-order valence-corrected chi connectivity index (χ4v) is 2.35. The van der Waals surface area contributed by atoms with E-state index in [-0.39, 0.29) is 23.5 Å². The Morgan fingerprint density at radius 3 is 1.92 bits per heavy atom. The molecule has 2 rings (SSSR count). The van der Waals surface area contributed by atoms with Crippen molar-refractivity contribution < 1.29 is 52.3 Å². The summed E-state index contributed by atoms with van der Waals surface area (Å²) in [5.74, 6) is -0.537. The largest absolute Gasteiger partial charge is 0.550 e. The Balaban J connectivity index is 2.08. The van der Waals surface area contributed by atoms with Gasteiger partial charge in [0, 0.05) is 0 Å². The summed E-state index contributed by atoms with van der Waals surface area (Å²) in [7, 11) is -5.80. The number of alkyl halides is 6. The molecule has 0 saturated carbocycles. The van der Waals surface area contributed by atoms with Crippen LogP contribution < -0.4 is 8.37 Å². The van der Waals surface area contributed by atoms with E-state index in [1.807, 2.05) is 0 Å². The highest BCUT2D eigenvalue weighted by Gasteiger charge is 2.48. The molecule has 26 heavy (non-hydrogen) atoms. The highest BCUT2D eigenvalue weighted by atomic mass is 32.2. The molecule has 0 amide bonds. The van der Waals surface area contributed by atoms with Gasteiger partial charge in [-0.15, -0.1) is 22.4 Å². The van der Waals surface area contributed by atoms with Gasteiger partial charge in [-0.25, -0.2) is 0 Å². The van der Waals surface area contributed by atoms with Gasteiger partial charge in [0.25, 0.3) is 12.3 Å². The summed E-state index contributed by atoms with van der Waals surface area (Å²) in [5, 5.41) is 0.654.